The lowest BCUT2D eigenvalue weighted by molar-refractivity contribution is 0.562. The van der Waals surface area contributed by atoms with Gasteiger partial charge in [0.15, 0.2) is 0 Å². The van der Waals surface area contributed by atoms with Crippen LogP contribution in [0.4, 0.5) is 0 Å². The largest absolute Gasteiger partial charge is 0.231 e. The quantitative estimate of drug-likeness (QED) is 0.145. The van der Waals surface area contributed by atoms with Gasteiger partial charge in [0.2, 0.25) is 24.3 Å². The number of hydrogen-bond donors (Lipinski definition) is 4. The Kier molecular flexibility index (Phi) is 28.0. The molecule has 4 aromatic carbocycles. The fourth-order valence-electron chi connectivity index (χ4n) is 3.36. The molecule has 0 aromatic heterocycles. The fourth-order valence-corrected chi connectivity index (χ4v) is 3.36. The minimum atomic E-state index is 0.750. The molecule has 4 N–H and O–H groups in total. The van der Waals surface area contributed by atoms with Gasteiger partial charge in [-0.2, -0.15) is 0 Å². The van der Waals surface area contributed by atoms with Crippen molar-refractivity contribution in [1.29, 1.82) is 21.6 Å². The molecule has 0 bridgehead atoms. The van der Waals surface area contributed by atoms with Gasteiger partial charge in [-0.15, -0.1) is 0 Å². The van der Waals surface area contributed by atoms with E-state index in [1.54, 1.807) is 0 Å². The smallest absolute Gasteiger partial charge is 0.222 e. The summed E-state index contributed by atoms with van der Waals surface area (Å²) < 4.78 is 0. The second-order valence-corrected chi connectivity index (χ2v) is 7.70. The van der Waals surface area contributed by atoms with Crippen molar-refractivity contribution in [3.63, 3.8) is 0 Å². The standard InChI is InChI=1S/C15H16.C14H14.4CHNO/c1-3-8-14(9-4-1)12-7-13-15-10-5-2-6-11-15;1-3-7-13(8-4-1)11-12-14-9-5-2-6-10-14;4*2-1-3/h1-6,8-11H,7,12-13H2;1-10H,11-12H2;4*2H. The SMILES string of the molecule is N=C=O.N=C=O.N=C=O.N=C=O.c1ccc(CCCc2ccccc2)cc1.c1ccc(CCc2ccccc2)cc1. The van der Waals surface area contributed by atoms with Crippen LogP contribution in [0.3, 0.4) is 0 Å². The Morgan fingerprint density at radius 3 is 0.707 bits per heavy atom. The summed E-state index contributed by atoms with van der Waals surface area (Å²) in [5.74, 6) is 0. The van der Waals surface area contributed by atoms with E-state index in [0.29, 0.717) is 0 Å². The molecule has 0 heterocycles. The molecular weight excluding hydrogens is 516 g/mol. The maximum absolute atomic E-state index is 8.35. The van der Waals surface area contributed by atoms with E-state index < -0.39 is 0 Å². The van der Waals surface area contributed by atoms with Gasteiger partial charge in [-0.25, -0.2) is 40.8 Å². The van der Waals surface area contributed by atoms with Gasteiger partial charge >= 0.3 is 0 Å². The van der Waals surface area contributed by atoms with E-state index in [-0.39, 0.29) is 0 Å². The highest BCUT2D eigenvalue weighted by Gasteiger charge is 1.94. The average molecular weight is 551 g/mol. The Balaban J connectivity index is 0. The zero-order valence-corrected chi connectivity index (χ0v) is 22.7. The molecule has 0 aliphatic carbocycles. The van der Waals surface area contributed by atoms with Crippen molar-refractivity contribution in [3.8, 4) is 0 Å². The van der Waals surface area contributed by atoms with Crippen LogP contribution in [-0.4, -0.2) is 24.3 Å². The molecule has 0 atom stereocenters. The first kappa shape index (κ1) is 37.6. The summed E-state index contributed by atoms with van der Waals surface area (Å²) in [5.41, 5.74) is 5.70. The van der Waals surface area contributed by atoms with Crippen molar-refractivity contribution >= 4 is 24.3 Å². The maximum atomic E-state index is 8.35. The molecule has 4 aromatic rings. The molecule has 210 valence electrons. The topological polar surface area (TPSA) is 164 Å². The number of aryl methyl sites for hydroxylation is 4. The summed E-state index contributed by atoms with van der Waals surface area (Å²) in [7, 11) is 0. The third-order valence-corrected chi connectivity index (χ3v) is 5.00. The van der Waals surface area contributed by atoms with Crippen molar-refractivity contribution in [3.05, 3.63) is 144 Å². The second-order valence-electron chi connectivity index (χ2n) is 7.70. The average Bonchev–Trinajstić information content (AvgIpc) is 3.00. The maximum Gasteiger partial charge on any atom is 0.231 e. The van der Waals surface area contributed by atoms with Gasteiger partial charge in [0, 0.05) is 0 Å². The number of nitrogens with one attached hydrogen (secondary N) is 4. The van der Waals surface area contributed by atoms with Crippen LogP contribution in [0, 0.1) is 21.6 Å². The lowest BCUT2D eigenvalue weighted by Gasteiger charge is -2.01. The number of carbonyl (C=O) groups excluding carboxylic acids is 4. The Hall–Kier alpha value is -5.60. The third-order valence-electron chi connectivity index (χ3n) is 5.00. The Labute approximate surface area is 240 Å². The number of hydrogen-bond acceptors (Lipinski definition) is 8. The summed E-state index contributed by atoms with van der Waals surface area (Å²) in [4.78, 5) is 33.4. The van der Waals surface area contributed by atoms with Crippen LogP contribution in [0.5, 0.6) is 0 Å². The molecule has 41 heavy (non-hydrogen) atoms. The Bertz CT molecular complexity index is 1150. The van der Waals surface area contributed by atoms with Crippen LogP contribution in [0.1, 0.15) is 28.7 Å². The second kappa shape index (κ2) is 30.6. The van der Waals surface area contributed by atoms with Gasteiger partial charge in [0.05, 0.1) is 0 Å². The minimum Gasteiger partial charge on any atom is -0.222 e. The van der Waals surface area contributed by atoms with Gasteiger partial charge in [-0.1, -0.05) is 121 Å². The van der Waals surface area contributed by atoms with E-state index in [2.05, 4.69) is 121 Å². The monoisotopic (exact) mass is 550 g/mol. The van der Waals surface area contributed by atoms with Crippen molar-refractivity contribution in [2.24, 2.45) is 0 Å². The highest BCUT2D eigenvalue weighted by molar-refractivity contribution is 5.27. The summed E-state index contributed by atoms with van der Waals surface area (Å²) in [5, 5.41) is 21.6. The van der Waals surface area contributed by atoms with E-state index in [0.717, 1.165) is 37.2 Å². The van der Waals surface area contributed by atoms with Crippen LogP contribution in [-0.2, 0) is 44.9 Å². The van der Waals surface area contributed by atoms with E-state index >= 15 is 0 Å². The summed E-state index contributed by atoms with van der Waals surface area (Å²) in [6, 6.07) is 42.6. The molecule has 4 rings (SSSR count). The lowest BCUT2D eigenvalue weighted by Crippen LogP contribution is -1.89. The van der Waals surface area contributed by atoms with Gasteiger partial charge in [-0.3, -0.25) is 0 Å². The van der Waals surface area contributed by atoms with E-state index in [4.69, 9.17) is 40.8 Å². The highest BCUT2D eigenvalue weighted by Crippen LogP contribution is 2.08. The minimum absolute atomic E-state index is 0.750. The van der Waals surface area contributed by atoms with Gasteiger partial charge < -0.3 is 0 Å². The Morgan fingerprint density at radius 1 is 0.341 bits per heavy atom. The molecule has 8 nitrogen and oxygen atoms in total. The van der Waals surface area contributed by atoms with Gasteiger partial charge in [0.1, 0.15) is 0 Å². The lowest BCUT2D eigenvalue weighted by atomic mass is 10.0. The van der Waals surface area contributed by atoms with E-state index in [1.807, 2.05) is 0 Å². The highest BCUT2D eigenvalue weighted by atomic mass is 16.1. The zero-order chi connectivity index (χ0) is 30.8. The molecule has 0 saturated heterocycles. The molecule has 0 unspecified atom stereocenters. The van der Waals surface area contributed by atoms with E-state index in [9.17, 15) is 0 Å². The van der Waals surface area contributed by atoms with Crippen molar-refractivity contribution in [2.45, 2.75) is 32.1 Å². The summed E-state index contributed by atoms with van der Waals surface area (Å²) in [6.07, 6.45) is 8.84. The molecule has 0 radical (unpaired) electrons. The van der Waals surface area contributed by atoms with Crippen LogP contribution in [0.25, 0.3) is 0 Å². The zero-order valence-electron chi connectivity index (χ0n) is 22.7. The van der Waals surface area contributed by atoms with Crippen molar-refractivity contribution < 1.29 is 19.2 Å². The molecule has 0 amide bonds. The molecule has 8 heteroatoms. The molecular formula is C33H34N4O4. The fraction of sp³-hybridized carbons (Fsp3) is 0.152. The first-order valence-corrected chi connectivity index (χ1v) is 12.4. The van der Waals surface area contributed by atoms with Crippen LogP contribution in [0.2, 0.25) is 0 Å². The van der Waals surface area contributed by atoms with Gasteiger partial charge in [0.25, 0.3) is 0 Å². The first-order valence-electron chi connectivity index (χ1n) is 12.4. The molecule has 0 aliphatic heterocycles. The number of isocyanates is 4. The normalized spacial score (nSPS) is 7.90. The summed E-state index contributed by atoms with van der Waals surface area (Å²) in [6.45, 7) is 0. The third kappa shape index (κ3) is 25.8. The van der Waals surface area contributed by atoms with Gasteiger partial charge in [-0.05, 0) is 54.4 Å². The van der Waals surface area contributed by atoms with Crippen LogP contribution < -0.4 is 0 Å². The molecule has 0 spiro atoms. The van der Waals surface area contributed by atoms with E-state index in [1.165, 1.54) is 41.5 Å². The molecule has 0 fully saturated rings. The molecule has 0 aliphatic rings. The number of rotatable bonds is 7. The predicted molar refractivity (Wildman–Crippen MR) is 159 cm³/mol. The number of benzene rings is 4. The predicted octanol–water partition coefficient (Wildman–Crippen LogP) is 6.94. The molecule has 0 saturated carbocycles. The van der Waals surface area contributed by atoms with Crippen molar-refractivity contribution in [1.82, 2.24) is 0 Å². The van der Waals surface area contributed by atoms with Crippen molar-refractivity contribution in [2.75, 3.05) is 0 Å². The van der Waals surface area contributed by atoms with Crippen LogP contribution in [0.15, 0.2) is 121 Å². The Morgan fingerprint density at radius 2 is 0.512 bits per heavy atom. The first-order chi connectivity index (χ1) is 20.1. The summed E-state index contributed by atoms with van der Waals surface area (Å²) >= 11 is 0. The van der Waals surface area contributed by atoms with Crippen LogP contribution >= 0.6 is 0 Å².